The van der Waals surface area contributed by atoms with Crippen molar-refractivity contribution < 1.29 is 14.3 Å². The molecule has 0 aliphatic carbocycles. The minimum absolute atomic E-state index is 0.0822. The molecule has 3 rings (SSSR count). The van der Waals surface area contributed by atoms with Crippen molar-refractivity contribution in [1.29, 1.82) is 0 Å². The van der Waals surface area contributed by atoms with Crippen LogP contribution in [0.15, 0.2) is 34.7 Å². The number of rotatable bonds is 4. The average Bonchev–Trinajstić information content (AvgIpc) is 3.00. The molecule has 1 heterocycles. The molecule has 0 aliphatic heterocycles. The number of benzene rings is 2. The summed E-state index contributed by atoms with van der Waals surface area (Å²) in [4.78, 5) is 16.5. The topological polar surface area (TPSA) is 75.4 Å². The molecule has 0 aliphatic rings. The SMILES string of the molecule is CCc1ccc2oc(-c3cc(NC(=O)C(C)C)cc(C)c3O)nc2c1. The van der Waals surface area contributed by atoms with Crippen molar-refractivity contribution in [3.05, 3.63) is 41.5 Å². The minimum atomic E-state index is -0.130. The van der Waals surface area contributed by atoms with E-state index in [0.717, 1.165) is 11.9 Å². The Balaban J connectivity index is 2.06. The Hall–Kier alpha value is -2.82. The van der Waals surface area contributed by atoms with Gasteiger partial charge in [-0.1, -0.05) is 26.8 Å². The third-order valence-electron chi connectivity index (χ3n) is 4.18. The van der Waals surface area contributed by atoms with Crippen LogP contribution in [0.4, 0.5) is 5.69 Å². The number of hydrogen-bond donors (Lipinski definition) is 2. The van der Waals surface area contributed by atoms with Crippen LogP contribution in [0.5, 0.6) is 5.75 Å². The molecule has 0 spiro atoms. The first-order chi connectivity index (χ1) is 11.9. The number of phenolic OH excluding ortho intramolecular Hbond substituents is 1. The van der Waals surface area contributed by atoms with Gasteiger partial charge in [-0.3, -0.25) is 4.79 Å². The third-order valence-corrected chi connectivity index (χ3v) is 4.18. The Morgan fingerprint density at radius 3 is 2.72 bits per heavy atom. The number of fused-ring (bicyclic) bond motifs is 1. The minimum Gasteiger partial charge on any atom is -0.507 e. The summed E-state index contributed by atoms with van der Waals surface area (Å²) in [5, 5.41) is 13.3. The number of aryl methyl sites for hydroxylation is 2. The van der Waals surface area contributed by atoms with Gasteiger partial charge >= 0.3 is 0 Å². The molecule has 1 amide bonds. The molecule has 1 aromatic heterocycles. The van der Waals surface area contributed by atoms with Gasteiger partial charge in [-0.05, 0) is 48.7 Å². The van der Waals surface area contributed by atoms with E-state index in [-0.39, 0.29) is 17.6 Å². The van der Waals surface area contributed by atoms with Gasteiger partial charge in [-0.2, -0.15) is 0 Å². The van der Waals surface area contributed by atoms with Gasteiger partial charge in [-0.15, -0.1) is 0 Å². The standard InChI is InChI=1S/C20H22N2O3/c1-5-13-6-7-17-16(9-13)22-20(25-17)15-10-14(8-12(4)18(15)23)21-19(24)11(2)3/h6-11,23H,5H2,1-4H3,(H,21,24). The molecule has 0 saturated heterocycles. The van der Waals surface area contributed by atoms with Crippen LogP contribution < -0.4 is 5.32 Å². The summed E-state index contributed by atoms with van der Waals surface area (Å²) < 4.78 is 5.81. The fraction of sp³-hybridized carbons (Fsp3) is 0.300. The number of aromatic hydroxyl groups is 1. The third kappa shape index (κ3) is 3.36. The lowest BCUT2D eigenvalue weighted by atomic mass is 10.1. The van der Waals surface area contributed by atoms with E-state index in [9.17, 15) is 9.90 Å². The first kappa shape index (κ1) is 17.0. The molecule has 0 bridgehead atoms. The number of phenols is 1. The maximum absolute atomic E-state index is 12.0. The number of nitrogens with zero attached hydrogens (tertiary/aromatic N) is 1. The van der Waals surface area contributed by atoms with E-state index in [0.29, 0.717) is 28.3 Å². The molecule has 0 saturated carbocycles. The van der Waals surface area contributed by atoms with Crippen molar-refractivity contribution in [2.45, 2.75) is 34.1 Å². The molecule has 2 aromatic carbocycles. The van der Waals surface area contributed by atoms with E-state index in [1.807, 2.05) is 32.0 Å². The van der Waals surface area contributed by atoms with E-state index >= 15 is 0 Å². The number of nitrogens with one attached hydrogen (secondary N) is 1. The zero-order chi connectivity index (χ0) is 18.1. The Kier molecular flexibility index (Phi) is 4.49. The molecule has 5 heteroatoms. The van der Waals surface area contributed by atoms with Gasteiger partial charge in [0, 0.05) is 11.6 Å². The number of carbonyl (C=O) groups is 1. The molecule has 0 radical (unpaired) electrons. The molecule has 0 unspecified atom stereocenters. The number of aromatic nitrogens is 1. The molecule has 0 atom stereocenters. The fourth-order valence-corrected chi connectivity index (χ4v) is 2.61. The monoisotopic (exact) mass is 338 g/mol. The maximum atomic E-state index is 12.0. The molecule has 3 aromatic rings. The highest BCUT2D eigenvalue weighted by atomic mass is 16.3. The summed E-state index contributed by atoms with van der Waals surface area (Å²) >= 11 is 0. The highest BCUT2D eigenvalue weighted by molar-refractivity contribution is 5.93. The van der Waals surface area contributed by atoms with Gasteiger partial charge in [0.05, 0.1) is 5.56 Å². The van der Waals surface area contributed by atoms with Crippen LogP contribution in [-0.4, -0.2) is 16.0 Å². The van der Waals surface area contributed by atoms with Gasteiger partial charge in [0.25, 0.3) is 0 Å². The molecule has 0 fully saturated rings. The number of oxazole rings is 1. The van der Waals surface area contributed by atoms with Crippen molar-refractivity contribution in [1.82, 2.24) is 4.98 Å². The van der Waals surface area contributed by atoms with E-state index in [1.54, 1.807) is 19.1 Å². The second-order valence-electron chi connectivity index (χ2n) is 6.51. The van der Waals surface area contributed by atoms with Gasteiger partial charge in [0.1, 0.15) is 11.3 Å². The Morgan fingerprint density at radius 2 is 2.04 bits per heavy atom. The number of hydrogen-bond acceptors (Lipinski definition) is 4. The maximum Gasteiger partial charge on any atom is 0.231 e. The average molecular weight is 338 g/mol. The van der Waals surface area contributed by atoms with Gasteiger partial charge in [0.15, 0.2) is 5.58 Å². The Morgan fingerprint density at radius 1 is 1.28 bits per heavy atom. The van der Waals surface area contributed by atoms with E-state index < -0.39 is 0 Å². The molecule has 25 heavy (non-hydrogen) atoms. The first-order valence-corrected chi connectivity index (χ1v) is 8.43. The van der Waals surface area contributed by atoms with Crippen LogP contribution in [0.2, 0.25) is 0 Å². The van der Waals surface area contributed by atoms with Crippen LogP contribution >= 0.6 is 0 Å². The predicted molar refractivity (Wildman–Crippen MR) is 98.7 cm³/mol. The van der Waals surface area contributed by atoms with Crippen LogP contribution in [0.25, 0.3) is 22.6 Å². The molecule has 2 N–H and O–H groups in total. The van der Waals surface area contributed by atoms with Gasteiger partial charge < -0.3 is 14.8 Å². The molecule has 130 valence electrons. The first-order valence-electron chi connectivity index (χ1n) is 8.43. The van der Waals surface area contributed by atoms with Crippen molar-refractivity contribution in [3.8, 4) is 17.2 Å². The zero-order valence-electron chi connectivity index (χ0n) is 14.9. The van der Waals surface area contributed by atoms with Crippen molar-refractivity contribution in [2.75, 3.05) is 5.32 Å². The second kappa shape index (κ2) is 6.59. The highest BCUT2D eigenvalue weighted by Crippen LogP contribution is 2.36. The summed E-state index contributed by atoms with van der Waals surface area (Å²) in [5.74, 6) is 0.227. The van der Waals surface area contributed by atoms with Crippen molar-refractivity contribution in [3.63, 3.8) is 0 Å². The predicted octanol–water partition coefficient (Wildman–Crippen LogP) is 4.67. The molecular weight excluding hydrogens is 316 g/mol. The van der Waals surface area contributed by atoms with Crippen molar-refractivity contribution >= 4 is 22.7 Å². The lowest BCUT2D eigenvalue weighted by Crippen LogP contribution is -2.17. The lowest BCUT2D eigenvalue weighted by Gasteiger charge is -2.11. The Labute approximate surface area is 146 Å². The smallest absolute Gasteiger partial charge is 0.231 e. The summed E-state index contributed by atoms with van der Waals surface area (Å²) in [7, 11) is 0. The van der Waals surface area contributed by atoms with Gasteiger partial charge in [-0.25, -0.2) is 4.98 Å². The lowest BCUT2D eigenvalue weighted by molar-refractivity contribution is -0.118. The highest BCUT2D eigenvalue weighted by Gasteiger charge is 2.17. The van der Waals surface area contributed by atoms with E-state index in [2.05, 4.69) is 17.2 Å². The number of anilines is 1. The zero-order valence-corrected chi connectivity index (χ0v) is 14.9. The number of carbonyl (C=O) groups excluding carboxylic acids is 1. The second-order valence-corrected chi connectivity index (χ2v) is 6.51. The largest absolute Gasteiger partial charge is 0.507 e. The van der Waals surface area contributed by atoms with Crippen LogP contribution in [-0.2, 0) is 11.2 Å². The molecular formula is C20H22N2O3. The summed E-state index contributed by atoms with van der Waals surface area (Å²) in [6.07, 6.45) is 0.916. The van der Waals surface area contributed by atoms with E-state index in [4.69, 9.17) is 4.42 Å². The summed E-state index contributed by atoms with van der Waals surface area (Å²) in [6, 6.07) is 9.29. The quantitative estimate of drug-likeness (QED) is 0.678. The molecule has 5 nitrogen and oxygen atoms in total. The van der Waals surface area contributed by atoms with Crippen LogP contribution in [0, 0.1) is 12.8 Å². The van der Waals surface area contributed by atoms with Crippen LogP contribution in [0.3, 0.4) is 0 Å². The summed E-state index contributed by atoms with van der Waals surface area (Å²) in [5.41, 5.74) is 4.32. The number of amides is 1. The fourth-order valence-electron chi connectivity index (χ4n) is 2.61. The Bertz CT molecular complexity index is 942. The van der Waals surface area contributed by atoms with Crippen LogP contribution in [0.1, 0.15) is 31.9 Å². The van der Waals surface area contributed by atoms with Crippen molar-refractivity contribution in [2.24, 2.45) is 5.92 Å². The van der Waals surface area contributed by atoms with Gasteiger partial charge in [0.2, 0.25) is 11.8 Å². The summed E-state index contributed by atoms with van der Waals surface area (Å²) in [6.45, 7) is 7.52. The van der Waals surface area contributed by atoms with E-state index in [1.165, 1.54) is 5.56 Å². The normalized spacial score (nSPS) is 11.2.